The van der Waals surface area contributed by atoms with Crippen LogP contribution in [0, 0.1) is 0 Å². The van der Waals surface area contributed by atoms with Crippen molar-refractivity contribution < 1.29 is 0 Å². The van der Waals surface area contributed by atoms with E-state index in [9.17, 15) is 0 Å². The Morgan fingerprint density at radius 2 is 1.44 bits per heavy atom. The van der Waals surface area contributed by atoms with Gasteiger partial charge in [0.15, 0.2) is 0 Å². The number of aryl methyl sites for hydroxylation is 1. The third kappa shape index (κ3) is 4.50. The summed E-state index contributed by atoms with van der Waals surface area (Å²) >= 11 is 0. The molecule has 2 nitrogen and oxygen atoms in total. The monoisotopic (exact) mass is 334 g/mol. The quantitative estimate of drug-likeness (QED) is 0.270. The highest BCUT2D eigenvalue weighted by molar-refractivity contribution is 5.98. The largest absolute Gasteiger partial charge is 0.399 e. The number of rotatable bonds is 9. The lowest BCUT2D eigenvalue weighted by molar-refractivity contribution is 0.576. The summed E-state index contributed by atoms with van der Waals surface area (Å²) in [5.41, 5.74) is 10.4. The van der Waals surface area contributed by atoms with Crippen LogP contribution in [0.1, 0.15) is 63.9 Å². The van der Waals surface area contributed by atoms with Gasteiger partial charge in [-0.2, -0.15) is 0 Å². The summed E-state index contributed by atoms with van der Waals surface area (Å²) < 4.78 is 0. The van der Waals surface area contributed by atoms with Gasteiger partial charge in [-0.25, -0.2) is 4.98 Å². The number of fused-ring (bicyclic) bond motifs is 2. The van der Waals surface area contributed by atoms with E-state index in [4.69, 9.17) is 10.7 Å². The molecule has 2 aromatic carbocycles. The fourth-order valence-electron chi connectivity index (χ4n) is 3.70. The average molecular weight is 335 g/mol. The van der Waals surface area contributed by atoms with Gasteiger partial charge in [0.1, 0.15) is 0 Å². The Balaban J connectivity index is 1.71. The van der Waals surface area contributed by atoms with Crippen LogP contribution in [0.5, 0.6) is 0 Å². The average Bonchev–Trinajstić information content (AvgIpc) is 2.63. The first-order valence-corrected chi connectivity index (χ1v) is 9.86. The Kier molecular flexibility index (Phi) is 6.27. The molecule has 0 bridgehead atoms. The van der Waals surface area contributed by atoms with Crippen LogP contribution in [0.4, 0.5) is 5.69 Å². The van der Waals surface area contributed by atoms with E-state index in [1.165, 1.54) is 67.7 Å². The van der Waals surface area contributed by atoms with Gasteiger partial charge in [0.2, 0.25) is 0 Å². The van der Waals surface area contributed by atoms with E-state index in [0.29, 0.717) is 0 Å². The molecule has 3 rings (SSSR count). The first-order chi connectivity index (χ1) is 12.3. The van der Waals surface area contributed by atoms with E-state index >= 15 is 0 Å². The zero-order chi connectivity index (χ0) is 17.5. The number of hydrogen-bond donors (Lipinski definition) is 1. The number of nitrogens with two attached hydrogens (primary N) is 1. The third-order valence-electron chi connectivity index (χ3n) is 5.10. The highest BCUT2D eigenvalue weighted by Gasteiger charge is 2.09. The fraction of sp³-hybridized carbons (Fsp3) is 0.435. The number of pyridine rings is 1. The molecule has 0 unspecified atom stereocenters. The van der Waals surface area contributed by atoms with Crippen LogP contribution in [-0.2, 0) is 6.42 Å². The molecule has 0 aliphatic carbocycles. The minimum absolute atomic E-state index is 0.821. The van der Waals surface area contributed by atoms with Gasteiger partial charge in [-0.1, -0.05) is 70.1 Å². The lowest BCUT2D eigenvalue weighted by Gasteiger charge is -2.11. The minimum atomic E-state index is 0.821. The maximum absolute atomic E-state index is 6.04. The number of benzene rings is 2. The van der Waals surface area contributed by atoms with Crippen LogP contribution >= 0.6 is 0 Å². The lowest BCUT2D eigenvalue weighted by atomic mass is 9.97. The first-order valence-electron chi connectivity index (χ1n) is 9.86. The number of aromatic nitrogens is 1. The van der Waals surface area contributed by atoms with Crippen molar-refractivity contribution >= 4 is 27.5 Å². The summed E-state index contributed by atoms with van der Waals surface area (Å²) in [6.07, 6.45) is 11.9. The molecular weight excluding hydrogens is 304 g/mol. The second kappa shape index (κ2) is 8.84. The van der Waals surface area contributed by atoms with Crippen molar-refractivity contribution in [3.8, 4) is 0 Å². The first kappa shape index (κ1) is 17.7. The van der Waals surface area contributed by atoms with Gasteiger partial charge < -0.3 is 5.73 Å². The Morgan fingerprint density at radius 1 is 0.760 bits per heavy atom. The van der Waals surface area contributed by atoms with Crippen molar-refractivity contribution in [1.82, 2.24) is 4.98 Å². The van der Waals surface area contributed by atoms with E-state index in [1.807, 2.05) is 12.1 Å². The van der Waals surface area contributed by atoms with Crippen LogP contribution in [-0.4, -0.2) is 4.98 Å². The Labute approximate surface area is 151 Å². The second-order valence-electron chi connectivity index (χ2n) is 7.11. The molecule has 0 saturated carbocycles. The van der Waals surface area contributed by atoms with Gasteiger partial charge in [0.05, 0.1) is 11.0 Å². The molecule has 2 heteroatoms. The van der Waals surface area contributed by atoms with E-state index in [2.05, 4.69) is 37.3 Å². The highest BCUT2D eigenvalue weighted by Crippen LogP contribution is 2.29. The van der Waals surface area contributed by atoms with Crippen molar-refractivity contribution in [3.05, 3.63) is 48.0 Å². The van der Waals surface area contributed by atoms with Crippen molar-refractivity contribution in [2.45, 2.75) is 64.7 Å². The molecule has 0 aliphatic rings. The summed E-state index contributed by atoms with van der Waals surface area (Å²) in [6, 6.07) is 14.6. The number of anilines is 1. The Hall–Kier alpha value is -2.09. The molecule has 2 N–H and O–H groups in total. The molecule has 0 spiro atoms. The minimum Gasteiger partial charge on any atom is -0.399 e. The Morgan fingerprint density at radius 3 is 2.24 bits per heavy atom. The number of nitrogens with zero attached hydrogens (tertiary/aromatic N) is 1. The number of para-hydroxylation sites is 1. The van der Waals surface area contributed by atoms with E-state index in [-0.39, 0.29) is 0 Å². The summed E-state index contributed by atoms with van der Waals surface area (Å²) in [7, 11) is 0. The summed E-state index contributed by atoms with van der Waals surface area (Å²) in [5.74, 6) is 0. The number of nitrogen functional groups attached to an aromatic ring is 1. The van der Waals surface area contributed by atoms with Crippen LogP contribution in [0.3, 0.4) is 0 Å². The molecule has 1 heterocycles. The molecule has 0 atom stereocenters. The van der Waals surface area contributed by atoms with Gasteiger partial charge in [0.25, 0.3) is 0 Å². The summed E-state index contributed by atoms with van der Waals surface area (Å²) in [4.78, 5) is 4.81. The van der Waals surface area contributed by atoms with Gasteiger partial charge in [-0.05, 0) is 42.7 Å². The molecule has 3 aromatic rings. The highest BCUT2D eigenvalue weighted by atomic mass is 14.7. The molecule has 0 fully saturated rings. The van der Waals surface area contributed by atoms with Crippen molar-refractivity contribution in [1.29, 1.82) is 0 Å². The van der Waals surface area contributed by atoms with Crippen LogP contribution in [0.2, 0.25) is 0 Å². The van der Waals surface area contributed by atoms with Crippen LogP contribution < -0.4 is 5.73 Å². The lowest BCUT2D eigenvalue weighted by Crippen LogP contribution is -1.95. The van der Waals surface area contributed by atoms with Crippen LogP contribution in [0.15, 0.2) is 42.5 Å². The molecular formula is C23H30N2. The molecule has 1 aromatic heterocycles. The van der Waals surface area contributed by atoms with Gasteiger partial charge in [-0.3, -0.25) is 0 Å². The van der Waals surface area contributed by atoms with Gasteiger partial charge in [-0.15, -0.1) is 0 Å². The molecule has 0 aliphatic heterocycles. The van der Waals surface area contributed by atoms with Gasteiger partial charge >= 0.3 is 0 Å². The normalized spacial score (nSPS) is 11.4. The predicted molar refractivity (Wildman–Crippen MR) is 110 cm³/mol. The molecule has 25 heavy (non-hydrogen) atoms. The molecule has 0 amide bonds. The van der Waals surface area contributed by atoms with E-state index in [1.54, 1.807) is 0 Å². The zero-order valence-corrected chi connectivity index (χ0v) is 15.4. The van der Waals surface area contributed by atoms with Crippen molar-refractivity contribution in [2.24, 2.45) is 0 Å². The van der Waals surface area contributed by atoms with Gasteiger partial charge in [0, 0.05) is 16.5 Å². The molecule has 132 valence electrons. The summed E-state index contributed by atoms with van der Waals surface area (Å²) in [6.45, 7) is 2.27. The smallest absolute Gasteiger partial charge is 0.0714 e. The van der Waals surface area contributed by atoms with E-state index in [0.717, 1.165) is 23.1 Å². The maximum Gasteiger partial charge on any atom is 0.0714 e. The summed E-state index contributed by atoms with van der Waals surface area (Å²) in [5, 5.41) is 2.50. The zero-order valence-electron chi connectivity index (χ0n) is 15.4. The number of unbranched alkanes of at least 4 members (excludes halogenated alkanes) is 7. The fourth-order valence-corrected chi connectivity index (χ4v) is 3.70. The maximum atomic E-state index is 6.04. The Bertz CT molecular complexity index is 823. The van der Waals surface area contributed by atoms with Crippen LogP contribution in [0.25, 0.3) is 21.8 Å². The SMILES string of the molecule is CCCCCCCCCCc1c2ccccc2nc2ccc(N)cc12. The topological polar surface area (TPSA) is 38.9 Å². The molecule has 0 radical (unpaired) electrons. The molecule has 0 saturated heterocycles. The van der Waals surface area contributed by atoms with Crippen molar-refractivity contribution in [3.63, 3.8) is 0 Å². The van der Waals surface area contributed by atoms with Crippen molar-refractivity contribution in [2.75, 3.05) is 5.73 Å². The third-order valence-corrected chi connectivity index (χ3v) is 5.10. The number of hydrogen-bond acceptors (Lipinski definition) is 2. The standard InChI is InChI=1S/C23H30N2/c1-2-3-4-5-6-7-8-9-12-19-20-13-10-11-14-22(20)25-23-16-15-18(24)17-21(19)23/h10-11,13-17H,2-9,12,24H2,1H3. The predicted octanol–water partition coefficient (Wildman–Crippen LogP) is 6.65. The second-order valence-corrected chi connectivity index (χ2v) is 7.11. The van der Waals surface area contributed by atoms with E-state index < -0.39 is 0 Å².